The topological polar surface area (TPSA) is 124 Å². The Morgan fingerprint density at radius 3 is 2.73 bits per heavy atom. The summed E-state index contributed by atoms with van der Waals surface area (Å²) in [5, 5.41) is 19.2. The molecule has 0 radical (unpaired) electrons. The number of ether oxygens (including phenoxy) is 1. The van der Waals surface area contributed by atoms with Gasteiger partial charge in [-0.1, -0.05) is 0 Å². The molecule has 1 aromatic carbocycles. The minimum Gasteiger partial charge on any atom is -0.467 e. The van der Waals surface area contributed by atoms with Crippen molar-refractivity contribution in [3.63, 3.8) is 0 Å². The van der Waals surface area contributed by atoms with Crippen molar-refractivity contribution in [1.29, 1.82) is 5.41 Å². The van der Waals surface area contributed by atoms with Crippen LogP contribution in [0.2, 0.25) is 0 Å². The van der Waals surface area contributed by atoms with E-state index >= 15 is 0 Å². The van der Waals surface area contributed by atoms with Crippen LogP contribution in [0.25, 0.3) is 33.1 Å². The van der Waals surface area contributed by atoms with Crippen LogP contribution < -0.4 is 20.7 Å². The van der Waals surface area contributed by atoms with Gasteiger partial charge < -0.3 is 31.1 Å². The number of anilines is 2. The fourth-order valence-electron chi connectivity index (χ4n) is 4.12. The zero-order valence-electron chi connectivity index (χ0n) is 18.2. The smallest absolute Gasteiger partial charge is 0.316 e. The molecule has 0 bridgehead atoms. The molecule has 0 saturated heterocycles. The van der Waals surface area contributed by atoms with Crippen LogP contribution in [0.1, 0.15) is 6.92 Å². The number of hydrogen-bond donors (Lipinski definition) is 5. The van der Waals surface area contributed by atoms with E-state index in [0.29, 0.717) is 36.4 Å². The summed E-state index contributed by atoms with van der Waals surface area (Å²) in [7, 11) is 1.51. The average molecular weight is 446 g/mol. The third-order valence-corrected chi connectivity index (χ3v) is 5.64. The monoisotopic (exact) mass is 446 g/mol. The number of nitrogens with zero attached hydrogens (tertiary/aromatic N) is 3. The Bertz CT molecular complexity index is 1390. The molecule has 4 heterocycles. The van der Waals surface area contributed by atoms with E-state index in [-0.39, 0.29) is 11.8 Å². The second-order valence-electron chi connectivity index (χ2n) is 7.64. The van der Waals surface area contributed by atoms with Crippen LogP contribution in [-0.4, -0.2) is 52.9 Å². The quantitative estimate of drug-likeness (QED) is 0.274. The lowest BCUT2D eigenvalue weighted by molar-refractivity contribution is 0.380. The van der Waals surface area contributed by atoms with E-state index in [1.807, 2.05) is 6.92 Å². The van der Waals surface area contributed by atoms with Crippen molar-refractivity contribution in [2.24, 2.45) is 0 Å². The number of hydrogen-bond acceptors (Lipinski definition) is 8. The first-order valence-corrected chi connectivity index (χ1v) is 10.6. The Labute approximate surface area is 189 Å². The maximum atomic E-state index is 14.6. The van der Waals surface area contributed by atoms with Gasteiger partial charge in [-0.15, -0.1) is 0 Å². The van der Waals surface area contributed by atoms with Crippen LogP contribution in [0.4, 0.5) is 15.8 Å². The summed E-state index contributed by atoms with van der Waals surface area (Å²) in [6.45, 7) is 3.81. The normalized spacial score (nSPS) is 13.7. The minimum atomic E-state index is -0.342. The highest BCUT2D eigenvalue weighted by atomic mass is 19.1. The predicted molar refractivity (Wildman–Crippen MR) is 128 cm³/mol. The van der Waals surface area contributed by atoms with Crippen LogP contribution in [0.5, 0.6) is 6.01 Å². The van der Waals surface area contributed by atoms with Crippen LogP contribution in [0.3, 0.4) is 0 Å². The number of aromatic amines is 1. The Hall–Kier alpha value is -4.05. The van der Waals surface area contributed by atoms with Gasteiger partial charge in [-0.05, 0) is 19.1 Å². The summed E-state index contributed by atoms with van der Waals surface area (Å²) in [5.41, 5.74) is 6.04. The molecule has 1 aliphatic heterocycles. The van der Waals surface area contributed by atoms with Gasteiger partial charge in [-0.2, -0.15) is 0 Å². The Morgan fingerprint density at radius 2 is 2.00 bits per heavy atom. The Morgan fingerprint density at radius 1 is 1.18 bits per heavy atom. The molecule has 3 aromatic heterocycles. The molecule has 0 amide bonds. The van der Waals surface area contributed by atoms with Gasteiger partial charge >= 0.3 is 6.01 Å². The minimum absolute atomic E-state index is 0.264. The third-order valence-electron chi connectivity index (χ3n) is 5.64. The van der Waals surface area contributed by atoms with Gasteiger partial charge in [0.15, 0.2) is 0 Å². The van der Waals surface area contributed by atoms with E-state index < -0.39 is 0 Å². The summed E-state index contributed by atoms with van der Waals surface area (Å²) < 4.78 is 19.7. The van der Waals surface area contributed by atoms with Crippen molar-refractivity contribution in [3.8, 4) is 17.1 Å². The molecule has 0 spiro atoms. The first-order chi connectivity index (χ1) is 16.1. The number of halogens is 1. The van der Waals surface area contributed by atoms with Crippen molar-refractivity contribution >= 4 is 39.5 Å². The van der Waals surface area contributed by atoms with E-state index in [0.717, 1.165) is 39.0 Å². The molecule has 1 aliphatic rings. The van der Waals surface area contributed by atoms with E-state index in [1.165, 1.54) is 25.5 Å². The van der Waals surface area contributed by atoms with Crippen LogP contribution in [-0.2, 0) is 0 Å². The maximum Gasteiger partial charge on any atom is 0.316 e. The molecule has 5 rings (SSSR count). The van der Waals surface area contributed by atoms with Gasteiger partial charge in [-0.25, -0.2) is 19.3 Å². The molecule has 0 aliphatic carbocycles. The molecule has 0 saturated carbocycles. The average Bonchev–Trinajstić information content (AvgIpc) is 3.44. The van der Waals surface area contributed by atoms with Gasteiger partial charge in [0.2, 0.25) is 0 Å². The lowest BCUT2D eigenvalue weighted by Gasteiger charge is -2.15. The summed E-state index contributed by atoms with van der Waals surface area (Å²) in [6.07, 6.45) is 6.41. The van der Waals surface area contributed by atoms with Gasteiger partial charge in [-0.3, -0.25) is 0 Å². The second-order valence-corrected chi connectivity index (χ2v) is 7.64. The van der Waals surface area contributed by atoms with Crippen molar-refractivity contribution < 1.29 is 9.13 Å². The number of methoxy groups -OCH3 is 1. The lowest BCUT2D eigenvalue weighted by Crippen LogP contribution is -2.12. The number of fused-ring (bicyclic) bond motifs is 3. The van der Waals surface area contributed by atoms with E-state index in [4.69, 9.17) is 10.1 Å². The predicted octanol–water partition coefficient (Wildman–Crippen LogP) is 3.67. The molecule has 9 nitrogen and oxygen atoms in total. The Kier molecular flexibility index (Phi) is 5.35. The number of nitrogens with one attached hydrogen (secondary N) is 5. The highest BCUT2D eigenvalue weighted by Gasteiger charge is 2.21. The molecular weight excluding hydrogens is 423 g/mol. The summed E-state index contributed by atoms with van der Waals surface area (Å²) >= 11 is 0. The molecular formula is C23H23FN8O. The van der Waals surface area contributed by atoms with Gasteiger partial charge in [0, 0.05) is 72.2 Å². The zero-order valence-corrected chi connectivity index (χ0v) is 18.2. The van der Waals surface area contributed by atoms with Gasteiger partial charge in [0.1, 0.15) is 11.5 Å². The molecule has 168 valence electrons. The SMILES string of the molecule is CCNc1cc(F)cc2c1[nH]c1ncc(-c3cnc(OC)nc3)c(NC3=C(C=N)CNC3)c12. The molecule has 5 N–H and O–H groups in total. The fraction of sp³-hybridized carbons (Fsp3) is 0.217. The maximum absolute atomic E-state index is 14.6. The first-order valence-electron chi connectivity index (χ1n) is 10.6. The highest BCUT2D eigenvalue weighted by molar-refractivity contribution is 6.17. The zero-order chi connectivity index (χ0) is 22.9. The molecule has 10 heteroatoms. The summed E-state index contributed by atoms with van der Waals surface area (Å²) in [5.74, 6) is -0.342. The number of aromatic nitrogens is 4. The largest absolute Gasteiger partial charge is 0.467 e. The summed E-state index contributed by atoms with van der Waals surface area (Å²) in [6, 6.07) is 3.25. The fourth-order valence-corrected chi connectivity index (χ4v) is 4.12. The number of H-pyrrole nitrogens is 1. The highest BCUT2D eigenvalue weighted by Crippen LogP contribution is 2.40. The molecule has 4 aromatic rings. The van der Waals surface area contributed by atoms with Crippen LogP contribution in [0, 0.1) is 11.2 Å². The number of rotatable bonds is 7. The second kappa shape index (κ2) is 8.47. The van der Waals surface area contributed by atoms with Crippen molar-refractivity contribution in [1.82, 2.24) is 25.3 Å². The third kappa shape index (κ3) is 3.64. The van der Waals surface area contributed by atoms with E-state index in [1.54, 1.807) is 18.6 Å². The molecule has 0 fully saturated rings. The lowest BCUT2D eigenvalue weighted by atomic mass is 10.0. The Balaban J connectivity index is 1.80. The number of pyridine rings is 1. The van der Waals surface area contributed by atoms with E-state index in [9.17, 15) is 4.39 Å². The summed E-state index contributed by atoms with van der Waals surface area (Å²) in [4.78, 5) is 16.4. The van der Waals surface area contributed by atoms with E-state index in [2.05, 4.69) is 35.9 Å². The number of benzene rings is 1. The van der Waals surface area contributed by atoms with Crippen LogP contribution >= 0.6 is 0 Å². The van der Waals surface area contributed by atoms with Gasteiger partial charge in [0.25, 0.3) is 0 Å². The van der Waals surface area contributed by atoms with Crippen LogP contribution in [0.15, 0.2) is 42.0 Å². The van der Waals surface area contributed by atoms with Crippen molar-refractivity contribution in [2.75, 3.05) is 37.4 Å². The molecule has 33 heavy (non-hydrogen) atoms. The standard InChI is InChI=1S/C23H23FN8O/c1-3-27-17-5-14(24)4-15-19-21(31-18-11-26-7-12(18)6-25)16(10-28-22(19)32-20(15)17)13-8-29-23(33-2)30-9-13/h4-6,8-10,25-27H,3,7,11H2,1-2H3,(H2,28,31,32). The first kappa shape index (κ1) is 20.8. The van der Waals surface area contributed by atoms with Gasteiger partial charge in [0.05, 0.1) is 29.4 Å². The molecule has 0 unspecified atom stereocenters. The van der Waals surface area contributed by atoms with Crippen molar-refractivity contribution in [3.05, 3.63) is 47.8 Å². The molecule has 0 atom stereocenters. The van der Waals surface area contributed by atoms with Crippen molar-refractivity contribution in [2.45, 2.75) is 6.92 Å².